The molecule has 0 aromatic rings. The van der Waals surface area contributed by atoms with Crippen LogP contribution in [-0.2, 0) is 19.1 Å². The fourth-order valence-corrected chi connectivity index (χ4v) is 4.79. The van der Waals surface area contributed by atoms with Gasteiger partial charge in [-0.2, -0.15) is 0 Å². The number of hydrogen-bond donors (Lipinski definition) is 6. The number of carboxylic acids is 1. The molecular formula is C27H48N2O8. The molecule has 37 heavy (non-hydrogen) atoms. The van der Waals surface area contributed by atoms with Crippen LogP contribution in [0.1, 0.15) is 59.3 Å². The number of esters is 1. The minimum atomic E-state index is -1.10. The molecule has 0 saturated carbocycles. The highest BCUT2D eigenvalue weighted by Gasteiger charge is 2.42. The third kappa shape index (κ3) is 12.1. The first-order chi connectivity index (χ1) is 17.5. The van der Waals surface area contributed by atoms with Crippen molar-refractivity contribution in [2.75, 3.05) is 26.3 Å². The average Bonchev–Trinajstić information content (AvgIpc) is 2.83. The molecule has 10 nitrogen and oxygen atoms in total. The lowest BCUT2D eigenvalue weighted by molar-refractivity contribution is -0.159. The van der Waals surface area contributed by atoms with Crippen LogP contribution in [0, 0.1) is 23.7 Å². The van der Waals surface area contributed by atoms with E-state index in [4.69, 9.17) is 26.0 Å². The summed E-state index contributed by atoms with van der Waals surface area (Å²) in [4.78, 5) is 23.1. The van der Waals surface area contributed by atoms with Gasteiger partial charge in [-0.05, 0) is 43.1 Å². The van der Waals surface area contributed by atoms with E-state index in [1.165, 1.54) is 0 Å². The molecule has 214 valence electrons. The summed E-state index contributed by atoms with van der Waals surface area (Å²) >= 11 is 0. The van der Waals surface area contributed by atoms with Crippen LogP contribution in [0.15, 0.2) is 23.8 Å². The van der Waals surface area contributed by atoms with Gasteiger partial charge in [-0.3, -0.25) is 9.59 Å². The van der Waals surface area contributed by atoms with Crippen molar-refractivity contribution in [3.63, 3.8) is 0 Å². The van der Waals surface area contributed by atoms with Gasteiger partial charge in [0.15, 0.2) is 0 Å². The Hall–Kier alpha value is -1.82. The molecule has 0 fully saturated rings. The maximum absolute atomic E-state index is 12.4. The smallest absolute Gasteiger partial charge is 0.308 e. The van der Waals surface area contributed by atoms with E-state index in [0.29, 0.717) is 52.0 Å². The molecule has 0 radical (unpaired) electrons. The van der Waals surface area contributed by atoms with Crippen molar-refractivity contribution >= 4 is 11.9 Å². The van der Waals surface area contributed by atoms with E-state index in [1.54, 1.807) is 0 Å². The van der Waals surface area contributed by atoms with Crippen LogP contribution in [0.4, 0.5) is 0 Å². The van der Waals surface area contributed by atoms with Crippen molar-refractivity contribution in [3.8, 4) is 0 Å². The maximum atomic E-state index is 12.4. The lowest BCUT2D eigenvalue weighted by Gasteiger charge is -2.43. The number of ether oxygens (including phenoxy) is 2. The predicted octanol–water partition coefficient (Wildman–Crippen LogP) is 1.36. The Labute approximate surface area is 220 Å². The van der Waals surface area contributed by atoms with E-state index in [9.17, 15) is 24.9 Å². The summed E-state index contributed by atoms with van der Waals surface area (Å²) in [5.41, 5.74) is 11.2. The Morgan fingerprint density at radius 2 is 1.81 bits per heavy atom. The second-order valence-corrected chi connectivity index (χ2v) is 10.1. The number of rotatable bonds is 14. The summed E-state index contributed by atoms with van der Waals surface area (Å²) in [6.45, 7) is 8.26. The highest BCUT2D eigenvalue weighted by molar-refractivity contribution is 5.72. The highest BCUT2D eigenvalue weighted by atomic mass is 16.5. The number of aliphatic hydroxyl groups excluding tert-OH is 3. The minimum Gasteiger partial charge on any atom is -0.481 e. The lowest BCUT2D eigenvalue weighted by atomic mass is 9.66. The third-order valence-corrected chi connectivity index (χ3v) is 6.97. The SMILES string of the molecule is CC[C@H](C)C(=O)O[C@H]1C[C@H](O)C=C2C=C[C@H](C)[C@H](CC[C@@H](O)C[C@@H](O)CC(=O)O)[C@H]21.NCCOCCN. The summed E-state index contributed by atoms with van der Waals surface area (Å²) < 4.78 is 10.7. The molecule has 2 rings (SSSR count). The van der Waals surface area contributed by atoms with Crippen LogP contribution in [-0.4, -0.2) is 83.1 Å². The molecule has 2 aliphatic carbocycles. The quantitative estimate of drug-likeness (QED) is 0.142. The van der Waals surface area contributed by atoms with Crippen molar-refractivity contribution in [3.05, 3.63) is 23.8 Å². The van der Waals surface area contributed by atoms with Crippen LogP contribution >= 0.6 is 0 Å². The van der Waals surface area contributed by atoms with Gasteiger partial charge in [0.2, 0.25) is 0 Å². The van der Waals surface area contributed by atoms with E-state index in [0.717, 1.165) is 5.57 Å². The fraction of sp³-hybridized carbons (Fsp3) is 0.778. The average molecular weight is 529 g/mol. The predicted molar refractivity (Wildman–Crippen MR) is 140 cm³/mol. The number of aliphatic carboxylic acids is 1. The van der Waals surface area contributed by atoms with Crippen LogP contribution < -0.4 is 11.5 Å². The molecule has 0 aromatic carbocycles. The van der Waals surface area contributed by atoms with Crippen LogP contribution in [0.2, 0.25) is 0 Å². The molecule has 0 aromatic heterocycles. The first-order valence-corrected chi connectivity index (χ1v) is 13.4. The zero-order valence-corrected chi connectivity index (χ0v) is 22.5. The largest absolute Gasteiger partial charge is 0.481 e. The van der Waals surface area contributed by atoms with Crippen LogP contribution in [0.3, 0.4) is 0 Å². The molecule has 0 heterocycles. The number of aliphatic hydroxyl groups is 3. The molecule has 0 aliphatic heterocycles. The third-order valence-electron chi connectivity index (χ3n) is 6.97. The normalized spacial score (nSPS) is 27.1. The standard InChI is InChI=1S/C23H36O7.C4H12N2O/c1-4-13(2)23(29)30-20-11-17(25)9-15-6-5-14(3)19(22(15)20)8-7-16(24)10-18(26)12-21(27)28;5-1-3-7-4-2-6/h5-6,9,13-14,16-20,22,24-26H,4,7-8,10-12H2,1-3H3,(H,27,28);1-6H2/t13-,14-,16+,17+,18+,19-,20-,22-;/m0./s1. The lowest BCUT2D eigenvalue weighted by Crippen LogP contribution is -2.43. The van der Waals surface area contributed by atoms with Gasteiger partial charge in [-0.1, -0.05) is 39.0 Å². The zero-order chi connectivity index (χ0) is 28.0. The van der Waals surface area contributed by atoms with Gasteiger partial charge in [0.25, 0.3) is 0 Å². The zero-order valence-electron chi connectivity index (χ0n) is 22.5. The van der Waals surface area contributed by atoms with Crippen molar-refractivity contribution in [2.45, 2.75) is 83.7 Å². The molecule has 0 unspecified atom stereocenters. The molecule has 2 aliphatic rings. The Bertz CT molecular complexity index is 740. The summed E-state index contributed by atoms with van der Waals surface area (Å²) in [5, 5.41) is 39.1. The Kier molecular flexibility index (Phi) is 15.8. The van der Waals surface area contributed by atoms with Crippen molar-refractivity contribution in [1.82, 2.24) is 0 Å². The molecule has 0 spiro atoms. The molecule has 0 amide bonds. The fourth-order valence-electron chi connectivity index (χ4n) is 4.79. The molecular weight excluding hydrogens is 480 g/mol. The first kappa shape index (κ1) is 33.2. The van der Waals surface area contributed by atoms with Gasteiger partial charge in [0.1, 0.15) is 6.10 Å². The van der Waals surface area contributed by atoms with Crippen molar-refractivity contribution in [2.24, 2.45) is 35.1 Å². The number of hydrogen-bond acceptors (Lipinski definition) is 9. The van der Waals surface area contributed by atoms with Gasteiger partial charge < -0.3 is 41.4 Å². The Morgan fingerprint density at radius 3 is 2.38 bits per heavy atom. The summed E-state index contributed by atoms with van der Waals surface area (Å²) in [6.07, 6.45) is 4.64. The molecule has 8 atom stereocenters. The topological polar surface area (TPSA) is 186 Å². The monoisotopic (exact) mass is 528 g/mol. The van der Waals surface area contributed by atoms with Gasteiger partial charge in [-0.25, -0.2) is 0 Å². The van der Waals surface area contributed by atoms with Gasteiger partial charge >= 0.3 is 11.9 Å². The Balaban J connectivity index is 0.000000856. The minimum absolute atomic E-state index is 0.0156. The van der Waals surface area contributed by atoms with Crippen LogP contribution in [0.25, 0.3) is 0 Å². The van der Waals surface area contributed by atoms with E-state index >= 15 is 0 Å². The van der Waals surface area contributed by atoms with E-state index in [1.807, 2.05) is 26.0 Å². The molecule has 8 N–H and O–H groups in total. The summed E-state index contributed by atoms with van der Waals surface area (Å²) in [7, 11) is 0. The number of carbonyl (C=O) groups is 2. The van der Waals surface area contributed by atoms with E-state index < -0.39 is 30.4 Å². The molecule has 0 bridgehead atoms. The number of allylic oxidation sites excluding steroid dienone is 2. The number of fused-ring (bicyclic) bond motifs is 1. The van der Waals surface area contributed by atoms with Crippen molar-refractivity contribution in [1.29, 1.82) is 0 Å². The second-order valence-electron chi connectivity index (χ2n) is 10.1. The molecule has 0 saturated heterocycles. The summed E-state index contributed by atoms with van der Waals surface area (Å²) in [5.74, 6) is -1.31. The number of carboxylic acid groups (broad SMARTS) is 1. The molecule has 10 heteroatoms. The van der Waals surface area contributed by atoms with E-state index in [-0.39, 0.29) is 42.5 Å². The second kappa shape index (κ2) is 17.6. The van der Waals surface area contributed by atoms with E-state index in [2.05, 4.69) is 13.0 Å². The van der Waals surface area contributed by atoms with Gasteiger partial charge in [-0.15, -0.1) is 0 Å². The highest BCUT2D eigenvalue weighted by Crippen LogP contribution is 2.44. The Morgan fingerprint density at radius 1 is 1.16 bits per heavy atom. The van der Waals surface area contributed by atoms with Crippen molar-refractivity contribution < 1.29 is 39.5 Å². The van der Waals surface area contributed by atoms with Crippen LogP contribution in [0.5, 0.6) is 0 Å². The summed E-state index contributed by atoms with van der Waals surface area (Å²) in [6, 6.07) is 0. The van der Waals surface area contributed by atoms with Gasteiger partial charge in [0, 0.05) is 25.4 Å². The van der Waals surface area contributed by atoms with Gasteiger partial charge in [0.05, 0.1) is 43.9 Å². The first-order valence-electron chi connectivity index (χ1n) is 13.4. The maximum Gasteiger partial charge on any atom is 0.308 e. The number of nitrogens with two attached hydrogens (primary N) is 2. The number of carbonyl (C=O) groups excluding carboxylic acids is 1.